The Labute approximate surface area is 135 Å². The van der Waals surface area contributed by atoms with Gasteiger partial charge in [-0.05, 0) is 57.9 Å². The molecule has 0 saturated heterocycles. The van der Waals surface area contributed by atoms with Gasteiger partial charge in [0.05, 0.1) is 0 Å². The van der Waals surface area contributed by atoms with Crippen LogP contribution >= 0.6 is 50.5 Å². The number of benzene rings is 1. The van der Waals surface area contributed by atoms with Crippen molar-refractivity contribution >= 4 is 50.5 Å². The molecule has 0 fully saturated rings. The molecular weight excluding hydrogens is 367 g/mol. The Hall–Kier alpha value is -0.100. The van der Waals surface area contributed by atoms with Crippen molar-refractivity contribution in [1.29, 1.82) is 0 Å². The molecule has 0 amide bonds. The molecule has 6 heteroatoms. The van der Waals surface area contributed by atoms with Gasteiger partial charge in [0.15, 0.2) is 0 Å². The van der Waals surface area contributed by atoms with Crippen LogP contribution in [-0.4, -0.2) is 6.04 Å². The zero-order valence-corrected chi connectivity index (χ0v) is 13.9. The van der Waals surface area contributed by atoms with Crippen molar-refractivity contribution in [1.82, 2.24) is 5.43 Å². The summed E-state index contributed by atoms with van der Waals surface area (Å²) >= 11 is 17.6. The van der Waals surface area contributed by atoms with Crippen LogP contribution in [0.3, 0.4) is 0 Å². The van der Waals surface area contributed by atoms with E-state index in [0.717, 1.165) is 16.5 Å². The van der Waals surface area contributed by atoms with Crippen LogP contribution in [-0.2, 0) is 12.8 Å². The third-order valence-electron chi connectivity index (χ3n) is 2.87. The molecule has 19 heavy (non-hydrogen) atoms. The Morgan fingerprint density at radius 2 is 1.89 bits per heavy atom. The highest BCUT2D eigenvalue weighted by Crippen LogP contribution is 2.28. The molecule has 1 aromatic heterocycles. The molecule has 3 N–H and O–H groups in total. The van der Waals surface area contributed by atoms with Gasteiger partial charge >= 0.3 is 0 Å². The van der Waals surface area contributed by atoms with Crippen molar-refractivity contribution in [3.63, 3.8) is 0 Å². The minimum absolute atomic E-state index is 0.0901. The molecule has 1 aromatic carbocycles. The lowest BCUT2D eigenvalue weighted by atomic mass is 10.0. The first-order valence-electron chi connectivity index (χ1n) is 5.72. The van der Waals surface area contributed by atoms with Crippen LogP contribution in [0.4, 0.5) is 0 Å². The highest BCUT2D eigenvalue weighted by Gasteiger charge is 2.15. The summed E-state index contributed by atoms with van der Waals surface area (Å²) in [6.45, 7) is 0. The predicted octanol–water partition coefficient (Wildman–Crippen LogP) is 4.43. The largest absolute Gasteiger partial charge is 0.271 e. The van der Waals surface area contributed by atoms with Gasteiger partial charge in [-0.1, -0.05) is 29.3 Å². The predicted molar refractivity (Wildman–Crippen MR) is 87.0 cm³/mol. The Bertz CT molecular complexity index is 539. The summed E-state index contributed by atoms with van der Waals surface area (Å²) in [5, 5.41) is 3.41. The van der Waals surface area contributed by atoms with E-state index in [0.29, 0.717) is 16.5 Å². The average molecular weight is 380 g/mol. The third kappa shape index (κ3) is 3.94. The number of rotatable bonds is 5. The lowest BCUT2D eigenvalue weighted by Gasteiger charge is -2.17. The van der Waals surface area contributed by atoms with Crippen LogP contribution in [0.1, 0.15) is 10.4 Å². The zero-order chi connectivity index (χ0) is 13.8. The molecule has 1 heterocycles. The Kier molecular flexibility index (Phi) is 5.69. The Morgan fingerprint density at radius 3 is 2.42 bits per heavy atom. The van der Waals surface area contributed by atoms with Gasteiger partial charge < -0.3 is 0 Å². The van der Waals surface area contributed by atoms with Gasteiger partial charge in [-0.2, -0.15) is 0 Å². The molecule has 0 aliphatic rings. The number of nitrogens with one attached hydrogen (secondary N) is 1. The van der Waals surface area contributed by atoms with E-state index in [-0.39, 0.29) is 6.04 Å². The van der Waals surface area contributed by atoms with E-state index in [1.807, 2.05) is 24.3 Å². The number of hydrogen-bond donors (Lipinski definition) is 2. The topological polar surface area (TPSA) is 38.0 Å². The van der Waals surface area contributed by atoms with Crippen molar-refractivity contribution < 1.29 is 0 Å². The summed E-state index contributed by atoms with van der Waals surface area (Å²) in [5.41, 5.74) is 3.77. The van der Waals surface area contributed by atoms with Gasteiger partial charge in [-0.15, -0.1) is 11.3 Å². The molecule has 1 unspecified atom stereocenters. The van der Waals surface area contributed by atoms with E-state index in [2.05, 4.69) is 26.7 Å². The molecule has 0 radical (unpaired) electrons. The second-order valence-corrected chi connectivity index (χ2v) is 6.83. The van der Waals surface area contributed by atoms with Gasteiger partial charge in [0.2, 0.25) is 0 Å². The minimum Gasteiger partial charge on any atom is -0.271 e. The summed E-state index contributed by atoms with van der Waals surface area (Å²) in [7, 11) is 0. The molecule has 1 atom stereocenters. The van der Waals surface area contributed by atoms with Gasteiger partial charge in [0.1, 0.15) is 0 Å². The summed E-state index contributed by atoms with van der Waals surface area (Å²) in [6.07, 6.45) is 1.52. The monoisotopic (exact) mass is 378 g/mol. The fraction of sp³-hybridized carbons (Fsp3) is 0.231. The second-order valence-electron chi connectivity index (χ2n) is 4.16. The maximum Gasteiger partial charge on any atom is 0.0453 e. The maximum atomic E-state index is 6.18. The summed E-state index contributed by atoms with van der Waals surface area (Å²) < 4.78 is 1.11. The summed E-state index contributed by atoms with van der Waals surface area (Å²) in [5.74, 6) is 5.64. The number of nitrogens with two attached hydrogens (primary N) is 1. The molecule has 0 aliphatic heterocycles. The molecule has 0 saturated carbocycles. The normalized spacial score (nSPS) is 12.6. The maximum absolute atomic E-state index is 6.18. The van der Waals surface area contributed by atoms with E-state index in [4.69, 9.17) is 29.0 Å². The smallest absolute Gasteiger partial charge is 0.0453 e. The van der Waals surface area contributed by atoms with Crippen LogP contribution < -0.4 is 11.3 Å². The van der Waals surface area contributed by atoms with Crippen molar-refractivity contribution in [3.05, 3.63) is 54.6 Å². The SMILES string of the molecule is NNC(Cc1sccc1Br)Cc1c(Cl)cccc1Cl. The van der Waals surface area contributed by atoms with Crippen molar-refractivity contribution in [2.24, 2.45) is 5.84 Å². The second kappa shape index (κ2) is 7.07. The first kappa shape index (κ1) is 15.3. The zero-order valence-electron chi connectivity index (χ0n) is 10.00. The summed E-state index contributed by atoms with van der Waals surface area (Å²) in [6, 6.07) is 7.66. The quantitative estimate of drug-likeness (QED) is 0.595. The van der Waals surface area contributed by atoms with Crippen molar-refractivity contribution in [2.45, 2.75) is 18.9 Å². The van der Waals surface area contributed by atoms with Crippen LogP contribution in [0, 0.1) is 0 Å². The standard InChI is InChI=1S/C13H13BrCl2N2S/c14-10-4-5-19-13(10)7-8(18-17)6-9-11(15)2-1-3-12(9)16/h1-5,8,18H,6-7,17H2. The first-order chi connectivity index (χ1) is 9.11. The first-order valence-corrected chi connectivity index (χ1v) is 8.15. The third-order valence-corrected chi connectivity index (χ3v) is 5.53. The number of hydrogen-bond acceptors (Lipinski definition) is 3. The molecule has 2 aromatic rings. The molecule has 0 bridgehead atoms. The van der Waals surface area contributed by atoms with E-state index in [9.17, 15) is 0 Å². The van der Waals surface area contributed by atoms with E-state index in [1.54, 1.807) is 11.3 Å². The van der Waals surface area contributed by atoms with E-state index in [1.165, 1.54) is 4.88 Å². The lowest BCUT2D eigenvalue weighted by Crippen LogP contribution is -2.38. The van der Waals surface area contributed by atoms with Gasteiger partial charge in [0.25, 0.3) is 0 Å². The Balaban J connectivity index is 2.13. The highest BCUT2D eigenvalue weighted by molar-refractivity contribution is 9.10. The fourth-order valence-corrected chi connectivity index (χ4v) is 4.01. The number of hydrazine groups is 1. The fourth-order valence-electron chi connectivity index (χ4n) is 1.86. The Morgan fingerprint density at radius 1 is 1.21 bits per heavy atom. The van der Waals surface area contributed by atoms with Crippen LogP contribution in [0.15, 0.2) is 34.1 Å². The molecular formula is C13H13BrCl2N2S. The molecule has 2 nitrogen and oxygen atoms in total. The molecule has 2 rings (SSSR count). The van der Waals surface area contributed by atoms with Crippen molar-refractivity contribution in [3.8, 4) is 0 Å². The molecule has 0 aliphatic carbocycles. The average Bonchev–Trinajstić information content (AvgIpc) is 2.78. The van der Waals surface area contributed by atoms with E-state index < -0.39 is 0 Å². The minimum atomic E-state index is 0.0901. The van der Waals surface area contributed by atoms with Crippen LogP contribution in [0.5, 0.6) is 0 Å². The highest BCUT2D eigenvalue weighted by atomic mass is 79.9. The molecule has 102 valence electrons. The van der Waals surface area contributed by atoms with Crippen LogP contribution in [0.2, 0.25) is 10.0 Å². The lowest BCUT2D eigenvalue weighted by molar-refractivity contribution is 0.525. The van der Waals surface area contributed by atoms with Gasteiger partial charge in [-0.25, -0.2) is 0 Å². The van der Waals surface area contributed by atoms with Gasteiger partial charge in [-0.3, -0.25) is 11.3 Å². The van der Waals surface area contributed by atoms with E-state index >= 15 is 0 Å². The van der Waals surface area contributed by atoms with Crippen LogP contribution in [0.25, 0.3) is 0 Å². The van der Waals surface area contributed by atoms with Gasteiger partial charge in [0, 0.05) is 25.4 Å². The summed E-state index contributed by atoms with van der Waals surface area (Å²) in [4.78, 5) is 1.26. The number of halogens is 3. The van der Waals surface area contributed by atoms with Crippen molar-refractivity contribution in [2.75, 3.05) is 0 Å². The number of thiophene rings is 1. The molecule has 0 spiro atoms.